The van der Waals surface area contributed by atoms with Crippen molar-refractivity contribution in [1.29, 1.82) is 0 Å². The first-order valence-electron chi connectivity index (χ1n) is 6.29. The van der Waals surface area contributed by atoms with Crippen molar-refractivity contribution in [2.75, 3.05) is 0 Å². The smallest absolute Gasteiger partial charge is 0.127 e. The van der Waals surface area contributed by atoms with E-state index in [2.05, 4.69) is 27.7 Å². The van der Waals surface area contributed by atoms with E-state index < -0.39 is 0 Å². The lowest BCUT2D eigenvalue weighted by molar-refractivity contribution is 0.285. The van der Waals surface area contributed by atoms with Crippen molar-refractivity contribution >= 4 is 0 Å². The van der Waals surface area contributed by atoms with Crippen molar-refractivity contribution in [2.24, 2.45) is 17.1 Å². The quantitative estimate of drug-likeness (QED) is 0.830. The van der Waals surface area contributed by atoms with Gasteiger partial charge in [0, 0.05) is 11.6 Å². The van der Waals surface area contributed by atoms with E-state index >= 15 is 0 Å². The predicted molar refractivity (Wildman–Crippen MR) is 71.2 cm³/mol. The lowest BCUT2D eigenvalue weighted by Crippen LogP contribution is -2.19. The third kappa shape index (κ3) is 4.86. The van der Waals surface area contributed by atoms with Gasteiger partial charge in [-0.15, -0.1) is 0 Å². The van der Waals surface area contributed by atoms with Crippen molar-refractivity contribution < 1.29 is 4.39 Å². The summed E-state index contributed by atoms with van der Waals surface area (Å²) in [5.41, 5.74) is 7.01. The Kier molecular flexibility index (Phi) is 4.70. The molecule has 2 N–H and O–H groups in total. The van der Waals surface area contributed by atoms with Crippen LogP contribution in [0.25, 0.3) is 0 Å². The van der Waals surface area contributed by atoms with Crippen LogP contribution in [0.4, 0.5) is 4.39 Å². The molecule has 1 rings (SSSR count). The molecule has 1 aromatic carbocycles. The van der Waals surface area contributed by atoms with Gasteiger partial charge in [-0.3, -0.25) is 0 Å². The zero-order chi connectivity index (χ0) is 13.1. The summed E-state index contributed by atoms with van der Waals surface area (Å²) in [6.07, 6.45) is 1.94. The van der Waals surface area contributed by atoms with Crippen LogP contribution in [0.1, 0.15) is 52.1 Å². The summed E-state index contributed by atoms with van der Waals surface area (Å²) in [5, 5.41) is 0. The molecule has 0 fully saturated rings. The molecular weight excluding hydrogens is 213 g/mol. The van der Waals surface area contributed by atoms with Crippen LogP contribution in [-0.4, -0.2) is 0 Å². The van der Waals surface area contributed by atoms with Gasteiger partial charge in [0.05, 0.1) is 0 Å². The summed E-state index contributed by atoms with van der Waals surface area (Å²) in [6, 6.07) is 6.60. The first-order chi connectivity index (χ1) is 7.79. The van der Waals surface area contributed by atoms with Gasteiger partial charge in [0.15, 0.2) is 0 Å². The Hall–Kier alpha value is -0.890. The monoisotopic (exact) mass is 237 g/mol. The third-order valence-corrected chi connectivity index (χ3v) is 2.92. The highest BCUT2D eigenvalue weighted by molar-refractivity contribution is 5.20. The average Bonchev–Trinajstić information content (AvgIpc) is 2.14. The van der Waals surface area contributed by atoms with Crippen LogP contribution in [0.3, 0.4) is 0 Å². The fraction of sp³-hybridized carbons (Fsp3) is 0.600. The number of hydrogen-bond donors (Lipinski definition) is 1. The van der Waals surface area contributed by atoms with Gasteiger partial charge in [0.25, 0.3) is 0 Å². The molecule has 0 heterocycles. The summed E-state index contributed by atoms with van der Waals surface area (Å²) in [6.45, 7) is 8.85. The normalized spacial score (nSPS) is 15.6. The second-order valence-corrected chi connectivity index (χ2v) is 6.23. The van der Waals surface area contributed by atoms with Gasteiger partial charge < -0.3 is 5.73 Å². The second-order valence-electron chi connectivity index (χ2n) is 6.23. The molecule has 96 valence electrons. The highest BCUT2D eigenvalue weighted by Crippen LogP contribution is 2.30. The predicted octanol–water partition coefficient (Wildman–Crippen LogP) is 4.29. The average molecular weight is 237 g/mol. The SMILES string of the molecule is CC(CC(N)c1ccccc1F)CC(C)(C)C. The summed E-state index contributed by atoms with van der Waals surface area (Å²) >= 11 is 0. The van der Waals surface area contributed by atoms with Crippen molar-refractivity contribution in [3.8, 4) is 0 Å². The molecule has 17 heavy (non-hydrogen) atoms. The molecule has 0 aliphatic rings. The highest BCUT2D eigenvalue weighted by atomic mass is 19.1. The maximum atomic E-state index is 13.5. The van der Waals surface area contributed by atoms with Gasteiger partial charge in [-0.25, -0.2) is 4.39 Å². The molecule has 0 aromatic heterocycles. The van der Waals surface area contributed by atoms with E-state index in [1.54, 1.807) is 12.1 Å². The van der Waals surface area contributed by atoms with Crippen LogP contribution in [0.15, 0.2) is 24.3 Å². The molecule has 0 spiro atoms. The topological polar surface area (TPSA) is 26.0 Å². The first kappa shape index (κ1) is 14.2. The maximum Gasteiger partial charge on any atom is 0.127 e. The minimum absolute atomic E-state index is 0.192. The zero-order valence-corrected chi connectivity index (χ0v) is 11.3. The number of benzene rings is 1. The summed E-state index contributed by atoms with van der Waals surface area (Å²) in [5.74, 6) is 0.313. The fourth-order valence-electron chi connectivity index (χ4n) is 2.46. The van der Waals surface area contributed by atoms with Crippen LogP contribution in [0, 0.1) is 17.2 Å². The van der Waals surface area contributed by atoms with Gasteiger partial charge in [-0.1, -0.05) is 45.9 Å². The molecular formula is C15H24FN. The van der Waals surface area contributed by atoms with Crippen LogP contribution < -0.4 is 5.73 Å². The van der Waals surface area contributed by atoms with Gasteiger partial charge in [0.1, 0.15) is 5.82 Å². The van der Waals surface area contributed by atoms with Crippen molar-refractivity contribution in [3.63, 3.8) is 0 Å². The number of halogens is 1. The molecule has 1 nitrogen and oxygen atoms in total. The Morgan fingerprint density at radius 1 is 1.24 bits per heavy atom. The van der Waals surface area contributed by atoms with Crippen LogP contribution in [-0.2, 0) is 0 Å². The summed E-state index contributed by atoms with van der Waals surface area (Å²) in [4.78, 5) is 0. The fourth-order valence-corrected chi connectivity index (χ4v) is 2.46. The van der Waals surface area contributed by atoms with E-state index in [9.17, 15) is 4.39 Å². The van der Waals surface area contributed by atoms with E-state index in [0.717, 1.165) is 12.8 Å². The molecule has 0 saturated carbocycles. The molecule has 0 radical (unpaired) electrons. The molecule has 0 aliphatic carbocycles. The molecule has 2 unspecified atom stereocenters. The van der Waals surface area contributed by atoms with Crippen molar-refractivity contribution in [3.05, 3.63) is 35.6 Å². The summed E-state index contributed by atoms with van der Waals surface area (Å²) in [7, 11) is 0. The second kappa shape index (κ2) is 5.63. The zero-order valence-electron chi connectivity index (χ0n) is 11.3. The lowest BCUT2D eigenvalue weighted by atomic mass is 9.82. The van der Waals surface area contributed by atoms with E-state index in [0.29, 0.717) is 16.9 Å². The molecule has 0 amide bonds. The lowest BCUT2D eigenvalue weighted by Gasteiger charge is -2.25. The Bertz CT molecular complexity index is 354. The van der Waals surface area contributed by atoms with Crippen LogP contribution in [0.5, 0.6) is 0 Å². The van der Waals surface area contributed by atoms with Gasteiger partial charge in [-0.2, -0.15) is 0 Å². The van der Waals surface area contributed by atoms with Gasteiger partial charge in [-0.05, 0) is 30.2 Å². The Balaban J connectivity index is 2.61. The Morgan fingerprint density at radius 2 is 1.82 bits per heavy atom. The molecule has 2 atom stereocenters. The Labute approximate surface area is 104 Å². The number of nitrogens with two attached hydrogens (primary N) is 1. The first-order valence-corrected chi connectivity index (χ1v) is 6.29. The Morgan fingerprint density at radius 3 is 2.35 bits per heavy atom. The van der Waals surface area contributed by atoms with Crippen molar-refractivity contribution in [1.82, 2.24) is 0 Å². The van der Waals surface area contributed by atoms with E-state index in [1.165, 1.54) is 6.07 Å². The molecule has 0 bridgehead atoms. The number of rotatable bonds is 4. The third-order valence-electron chi connectivity index (χ3n) is 2.92. The standard InChI is InChI=1S/C15H24FN/c1-11(10-15(2,3)4)9-14(17)12-7-5-6-8-13(12)16/h5-8,11,14H,9-10,17H2,1-4H3. The minimum atomic E-state index is -0.200. The number of hydrogen-bond acceptors (Lipinski definition) is 1. The van der Waals surface area contributed by atoms with Crippen molar-refractivity contribution in [2.45, 2.75) is 46.6 Å². The van der Waals surface area contributed by atoms with Crippen LogP contribution in [0.2, 0.25) is 0 Å². The van der Waals surface area contributed by atoms with E-state index in [-0.39, 0.29) is 11.9 Å². The van der Waals surface area contributed by atoms with Crippen LogP contribution >= 0.6 is 0 Å². The highest BCUT2D eigenvalue weighted by Gasteiger charge is 2.19. The van der Waals surface area contributed by atoms with E-state index in [4.69, 9.17) is 5.73 Å². The molecule has 1 aromatic rings. The summed E-state index contributed by atoms with van der Waals surface area (Å²) < 4.78 is 13.5. The molecule has 0 aliphatic heterocycles. The largest absolute Gasteiger partial charge is 0.324 e. The molecule has 2 heteroatoms. The van der Waals surface area contributed by atoms with Gasteiger partial charge in [0.2, 0.25) is 0 Å². The molecule has 0 saturated heterocycles. The van der Waals surface area contributed by atoms with E-state index in [1.807, 2.05) is 6.07 Å². The maximum absolute atomic E-state index is 13.5. The van der Waals surface area contributed by atoms with Gasteiger partial charge >= 0.3 is 0 Å². The minimum Gasteiger partial charge on any atom is -0.324 e.